The maximum Gasteiger partial charge on any atom is 0.111 e. The fraction of sp³-hybridized carbons (Fsp3) is 0.333. The van der Waals surface area contributed by atoms with E-state index >= 15 is 0 Å². The van der Waals surface area contributed by atoms with Gasteiger partial charge in [-0.3, -0.25) is 0 Å². The number of H-pyrrole nitrogens is 1. The van der Waals surface area contributed by atoms with E-state index in [1.54, 1.807) is 0 Å². The van der Waals surface area contributed by atoms with Gasteiger partial charge in [-0.25, -0.2) is 4.98 Å². The Morgan fingerprint density at radius 2 is 2.67 bits per heavy atom. The summed E-state index contributed by atoms with van der Waals surface area (Å²) in [4.78, 5) is 7.08. The first-order chi connectivity index (χ1) is 4.33. The zero-order valence-corrected chi connectivity index (χ0v) is 5.96. The molecule has 3 heteroatoms. The lowest BCUT2D eigenvalue weighted by atomic mass is 10.5. The number of aromatic amines is 1. The molecule has 0 aliphatic heterocycles. The zero-order chi connectivity index (χ0) is 6.69. The van der Waals surface area contributed by atoms with Crippen LogP contribution in [-0.2, 0) is 6.42 Å². The maximum atomic E-state index is 4.53. The second-order valence-electron chi connectivity index (χ2n) is 1.81. The summed E-state index contributed by atoms with van der Waals surface area (Å²) in [6, 6.07) is 0. The lowest BCUT2D eigenvalue weighted by Gasteiger charge is -1.81. The summed E-state index contributed by atoms with van der Waals surface area (Å²) >= 11 is 4.53. The van der Waals surface area contributed by atoms with Gasteiger partial charge in [-0.05, 0) is 6.92 Å². The summed E-state index contributed by atoms with van der Waals surface area (Å²) in [7, 11) is 0. The summed E-state index contributed by atoms with van der Waals surface area (Å²) < 4.78 is 0. The minimum absolute atomic E-state index is 0.628. The molecule has 1 heterocycles. The van der Waals surface area contributed by atoms with E-state index in [-0.39, 0.29) is 0 Å². The van der Waals surface area contributed by atoms with E-state index in [4.69, 9.17) is 0 Å². The van der Waals surface area contributed by atoms with E-state index in [0.717, 1.165) is 11.5 Å². The molecule has 47 valence electrons. The standard InChI is InChI=1S/C6H7N2S/c1-5-4-7-6(8-5)2-3-9/h4H,2H2,1H3,(H,7,8). The zero-order valence-electron chi connectivity index (χ0n) is 5.14. The Kier molecular flexibility index (Phi) is 1.95. The Bertz CT molecular complexity index is 205. The van der Waals surface area contributed by atoms with E-state index in [0.29, 0.717) is 6.42 Å². The van der Waals surface area contributed by atoms with Crippen LogP contribution in [0.25, 0.3) is 0 Å². The second-order valence-corrected chi connectivity index (χ2v) is 2.10. The normalized spacial score (nSPS) is 9.44. The van der Waals surface area contributed by atoms with Crippen molar-refractivity contribution in [2.75, 3.05) is 0 Å². The van der Waals surface area contributed by atoms with E-state index in [9.17, 15) is 0 Å². The molecule has 9 heavy (non-hydrogen) atoms. The molecule has 1 N–H and O–H groups in total. The van der Waals surface area contributed by atoms with Crippen molar-refractivity contribution in [2.24, 2.45) is 0 Å². The molecule has 0 spiro atoms. The number of nitrogens with one attached hydrogen (secondary N) is 1. The van der Waals surface area contributed by atoms with E-state index in [2.05, 4.69) is 27.6 Å². The SMILES string of the molecule is Cc1c[nH]c(C[C]=S)n1. The third kappa shape index (κ3) is 1.61. The number of imidazole rings is 1. The predicted octanol–water partition coefficient (Wildman–Crippen LogP) is 1.14. The maximum absolute atomic E-state index is 4.53. The van der Waals surface area contributed by atoms with Gasteiger partial charge in [0.25, 0.3) is 0 Å². The Morgan fingerprint density at radius 3 is 3.11 bits per heavy atom. The Labute approximate surface area is 59.3 Å². The average molecular weight is 139 g/mol. The van der Waals surface area contributed by atoms with Crippen molar-refractivity contribution in [2.45, 2.75) is 13.3 Å². The van der Waals surface area contributed by atoms with Crippen LogP contribution in [0.4, 0.5) is 0 Å². The molecule has 0 aromatic carbocycles. The van der Waals surface area contributed by atoms with Gasteiger partial charge in [0, 0.05) is 18.0 Å². The van der Waals surface area contributed by atoms with Crippen molar-refractivity contribution in [3.63, 3.8) is 0 Å². The summed E-state index contributed by atoms with van der Waals surface area (Å²) in [5, 5.41) is 2.59. The lowest BCUT2D eigenvalue weighted by molar-refractivity contribution is 1.09. The van der Waals surface area contributed by atoms with Gasteiger partial charge in [0.1, 0.15) is 5.82 Å². The van der Waals surface area contributed by atoms with Gasteiger partial charge in [-0.15, -0.1) is 0 Å². The van der Waals surface area contributed by atoms with Crippen LogP contribution in [0.5, 0.6) is 0 Å². The molecule has 0 bridgehead atoms. The number of thiocarbonyl (C=S) groups is 1. The molecular weight excluding hydrogens is 132 g/mol. The van der Waals surface area contributed by atoms with E-state index in [1.165, 1.54) is 0 Å². The van der Waals surface area contributed by atoms with Crippen molar-refractivity contribution in [1.29, 1.82) is 0 Å². The van der Waals surface area contributed by atoms with Gasteiger partial charge in [-0.2, -0.15) is 0 Å². The van der Waals surface area contributed by atoms with Crippen molar-refractivity contribution < 1.29 is 0 Å². The Hall–Kier alpha value is -0.700. The van der Waals surface area contributed by atoms with Crippen molar-refractivity contribution in [3.05, 3.63) is 17.7 Å². The van der Waals surface area contributed by atoms with Crippen LogP contribution in [0.2, 0.25) is 0 Å². The fourth-order valence-electron chi connectivity index (χ4n) is 0.624. The van der Waals surface area contributed by atoms with E-state index < -0.39 is 0 Å². The molecule has 0 saturated heterocycles. The van der Waals surface area contributed by atoms with E-state index in [1.807, 2.05) is 13.1 Å². The van der Waals surface area contributed by atoms with Crippen LogP contribution in [0.3, 0.4) is 0 Å². The average Bonchev–Trinajstić information content (AvgIpc) is 2.17. The van der Waals surface area contributed by atoms with Crippen molar-refractivity contribution in [1.82, 2.24) is 9.97 Å². The van der Waals surface area contributed by atoms with Crippen molar-refractivity contribution in [3.8, 4) is 0 Å². The minimum atomic E-state index is 0.628. The molecule has 0 amide bonds. The number of aromatic nitrogens is 2. The molecule has 1 aromatic heterocycles. The van der Waals surface area contributed by atoms with Crippen LogP contribution in [0.15, 0.2) is 6.20 Å². The Morgan fingerprint density at radius 1 is 1.89 bits per heavy atom. The number of aryl methyl sites for hydroxylation is 1. The van der Waals surface area contributed by atoms with Gasteiger partial charge >= 0.3 is 0 Å². The first-order valence-electron chi connectivity index (χ1n) is 2.69. The van der Waals surface area contributed by atoms with Crippen molar-refractivity contribution >= 4 is 17.6 Å². The first-order valence-corrected chi connectivity index (χ1v) is 3.09. The monoisotopic (exact) mass is 139 g/mol. The van der Waals surface area contributed by atoms with Gasteiger partial charge in [0.2, 0.25) is 0 Å². The van der Waals surface area contributed by atoms with Gasteiger partial charge in [0.05, 0.1) is 5.69 Å². The molecule has 0 aliphatic carbocycles. The highest BCUT2D eigenvalue weighted by Crippen LogP contribution is 1.93. The van der Waals surface area contributed by atoms with Gasteiger partial charge < -0.3 is 4.98 Å². The first kappa shape index (κ1) is 6.42. The molecule has 1 rings (SSSR count). The van der Waals surface area contributed by atoms with Crippen LogP contribution >= 0.6 is 12.2 Å². The van der Waals surface area contributed by atoms with Gasteiger partial charge in [-0.1, -0.05) is 12.2 Å². The molecule has 0 saturated carbocycles. The third-order valence-corrected chi connectivity index (χ3v) is 1.14. The molecule has 2 nitrogen and oxygen atoms in total. The van der Waals surface area contributed by atoms with Crippen LogP contribution in [-0.4, -0.2) is 15.3 Å². The quantitative estimate of drug-likeness (QED) is 0.622. The summed E-state index contributed by atoms with van der Waals surface area (Å²) in [5.41, 5.74) is 0.996. The third-order valence-electron chi connectivity index (χ3n) is 0.999. The summed E-state index contributed by atoms with van der Waals surface area (Å²) in [6.07, 6.45) is 2.48. The number of rotatable bonds is 2. The largest absolute Gasteiger partial charge is 0.348 e. The molecule has 0 atom stereocenters. The molecular formula is C6H7N2S. The Balaban J connectivity index is 2.72. The van der Waals surface area contributed by atoms with Crippen LogP contribution < -0.4 is 0 Å². The number of nitrogens with zero attached hydrogens (tertiary/aromatic N) is 1. The number of hydrogen-bond donors (Lipinski definition) is 1. The molecule has 0 unspecified atom stereocenters. The smallest absolute Gasteiger partial charge is 0.111 e. The summed E-state index contributed by atoms with van der Waals surface area (Å²) in [6.45, 7) is 1.93. The molecule has 1 aromatic rings. The minimum Gasteiger partial charge on any atom is -0.348 e. The highest BCUT2D eigenvalue weighted by Gasteiger charge is 1.92. The number of hydrogen-bond acceptors (Lipinski definition) is 2. The highest BCUT2D eigenvalue weighted by molar-refractivity contribution is 7.78. The van der Waals surface area contributed by atoms with Crippen LogP contribution in [0, 0.1) is 6.92 Å². The second kappa shape index (κ2) is 2.73. The predicted molar refractivity (Wildman–Crippen MR) is 39.6 cm³/mol. The highest BCUT2D eigenvalue weighted by atomic mass is 32.1. The topological polar surface area (TPSA) is 28.7 Å². The lowest BCUT2D eigenvalue weighted by Crippen LogP contribution is -1.85. The molecule has 1 radical (unpaired) electrons. The fourth-order valence-corrected chi connectivity index (χ4v) is 0.761. The summed E-state index contributed by atoms with van der Waals surface area (Å²) in [5.74, 6) is 0.891. The molecule has 0 fully saturated rings. The van der Waals surface area contributed by atoms with Crippen LogP contribution in [0.1, 0.15) is 11.5 Å². The molecule has 0 aliphatic rings. The van der Waals surface area contributed by atoms with Gasteiger partial charge in [0.15, 0.2) is 0 Å².